The van der Waals surface area contributed by atoms with Gasteiger partial charge in [-0.2, -0.15) is 0 Å². The first-order valence-electron chi connectivity index (χ1n) is 10.7. The van der Waals surface area contributed by atoms with Crippen LogP contribution in [0.2, 0.25) is 0 Å². The average Bonchev–Trinajstić information content (AvgIpc) is 2.62. The van der Waals surface area contributed by atoms with Crippen molar-refractivity contribution in [2.75, 3.05) is 6.54 Å². The number of hydrogen-bond acceptors (Lipinski definition) is 3. The van der Waals surface area contributed by atoms with Crippen molar-refractivity contribution in [1.29, 1.82) is 0 Å². The summed E-state index contributed by atoms with van der Waals surface area (Å²) >= 11 is 0. The highest BCUT2D eigenvalue weighted by molar-refractivity contribution is 5.94. The summed E-state index contributed by atoms with van der Waals surface area (Å²) in [5.41, 5.74) is 8.05. The van der Waals surface area contributed by atoms with E-state index in [1.165, 1.54) is 12.0 Å². The molecule has 2 unspecified atom stereocenters. The number of nitrogens with two attached hydrogens (primary N) is 1. The fraction of sp³-hybridized carbons (Fsp3) is 0.652. The van der Waals surface area contributed by atoms with Gasteiger partial charge in [0, 0.05) is 30.6 Å². The second kappa shape index (κ2) is 8.64. The van der Waals surface area contributed by atoms with Gasteiger partial charge in [0.25, 0.3) is 5.91 Å². The Hall–Kier alpha value is -1.88. The number of amides is 2. The van der Waals surface area contributed by atoms with E-state index in [-0.39, 0.29) is 29.3 Å². The van der Waals surface area contributed by atoms with Crippen LogP contribution in [0.3, 0.4) is 0 Å². The van der Waals surface area contributed by atoms with Gasteiger partial charge in [-0.3, -0.25) is 9.59 Å². The average molecular weight is 386 g/mol. The molecule has 5 nitrogen and oxygen atoms in total. The molecule has 2 aliphatic carbocycles. The molecule has 2 fully saturated rings. The van der Waals surface area contributed by atoms with E-state index < -0.39 is 0 Å². The zero-order valence-electron chi connectivity index (χ0n) is 17.5. The van der Waals surface area contributed by atoms with Gasteiger partial charge >= 0.3 is 0 Å². The van der Waals surface area contributed by atoms with Crippen molar-refractivity contribution in [3.05, 3.63) is 35.4 Å². The minimum atomic E-state index is -0.131. The lowest BCUT2D eigenvalue weighted by molar-refractivity contribution is -0.123. The predicted molar refractivity (Wildman–Crippen MR) is 112 cm³/mol. The van der Waals surface area contributed by atoms with Gasteiger partial charge in [0.15, 0.2) is 0 Å². The lowest BCUT2D eigenvalue weighted by Gasteiger charge is -2.45. The summed E-state index contributed by atoms with van der Waals surface area (Å²) in [4.78, 5) is 24.7. The van der Waals surface area contributed by atoms with Crippen LogP contribution in [0.25, 0.3) is 0 Å². The quantitative estimate of drug-likeness (QED) is 0.728. The molecule has 28 heavy (non-hydrogen) atoms. The number of carbonyl (C=O) groups is 2. The van der Waals surface area contributed by atoms with Gasteiger partial charge in [0.1, 0.15) is 0 Å². The maximum absolute atomic E-state index is 12.4. The van der Waals surface area contributed by atoms with E-state index in [0.717, 1.165) is 25.7 Å². The number of rotatable bonds is 5. The van der Waals surface area contributed by atoms with Gasteiger partial charge in [-0.25, -0.2) is 0 Å². The summed E-state index contributed by atoms with van der Waals surface area (Å²) < 4.78 is 0. The van der Waals surface area contributed by atoms with Crippen molar-refractivity contribution >= 4 is 11.8 Å². The SMILES string of the molecule is CC(C)(C)c1ccc(C(=O)NCCC(=O)NC2C3CCCC2CC(N)C3)cc1. The van der Waals surface area contributed by atoms with Crippen molar-refractivity contribution in [3.8, 4) is 0 Å². The van der Waals surface area contributed by atoms with E-state index in [0.29, 0.717) is 30.4 Å². The molecular weight excluding hydrogens is 350 g/mol. The molecule has 0 heterocycles. The second-order valence-electron chi connectivity index (χ2n) is 9.61. The van der Waals surface area contributed by atoms with Gasteiger partial charge in [-0.15, -0.1) is 0 Å². The number of nitrogens with one attached hydrogen (secondary N) is 2. The monoisotopic (exact) mass is 385 g/mol. The molecule has 3 rings (SSSR count). The Morgan fingerprint density at radius 1 is 1.07 bits per heavy atom. The van der Waals surface area contributed by atoms with Crippen LogP contribution in [0.5, 0.6) is 0 Å². The molecule has 2 bridgehead atoms. The fourth-order valence-electron chi connectivity index (χ4n) is 4.80. The molecule has 1 aromatic rings. The zero-order chi connectivity index (χ0) is 20.3. The number of benzene rings is 1. The minimum Gasteiger partial charge on any atom is -0.353 e. The van der Waals surface area contributed by atoms with Gasteiger partial charge < -0.3 is 16.4 Å². The Balaban J connectivity index is 1.44. The van der Waals surface area contributed by atoms with E-state index >= 15 is 0 Å². The van der Waals surface area contributed by atoms with Crippen molar-refractivity contribution in [1.82, 2.24) is 10.6 Å². The topological polar surface area (TPSA) is 84.2 Å². The molecule has 2 aliphatic rings. The van der Waals surface area contributed by atoms with Crippen molar-refractivity contribution in [3.63, 3.8) is 0 Å². The minimum absolute atomic E-state index is 0.0285. The van der Waals surface area contributed by atoms with Crippen LogP contribution in [-0.4, -0.2) is 30.4 Å². The fourth-order valence-corrected chi connectivity index (χ4v) is 4.80. The Morgan fingerprint density at radius 3 is 2.25 bits per heavy atom. The van der Waals surface area contributed by atoms with Crippen molar-refractivity contribution in [2.24, 2.45) is 17.6 Å². The van der Waals surface area contributed by atoms with Crippen molar-refractivity contribution < 1.29 is 9.59 Å². The second-order valence-corrected chi connectivity index (χ2v) is 9.61. The highest BCUT2D eigenvalue weighted by Gasteiger charge is 2.39. The van der Waals surface area contributed by atoms with E-state index in [1.807, 2.05) is 24.3 Å². The number of hydrogen-bond donors (Lipinski definition) is 3. The molecule has 4 N–H and O–H groups in total. The summed E-state index contributed by atoms with van der Waals surface area (Å²) in [6.07, 6.45) is 5.92. The van der Waals surface area contributed by atoms with E-state index in [9.17, 15) is 9.59 Å². The molecule has 0 spiro atoms. The summed E-state index contributed by atoms with van der Waals surface area (Å²) in [5.74, 6) is 0.930. The van der Waals surface area contributed by atoms with Gasteiger partial charge in [0.2, 0.25) is 5.91 Å². The Labute approximate surface area is 168 Å². The maximum Gasteiger partial charge on any atom is 0.251 e. The van der Waals surface area contributed by atoms with E-state index in [1.54, 1.807) is 0 Å². The molecule has 5 heteroatoms. The van der Waals surface area contributed by atoms with Crippen LogP contribution in [0.4, 0.5) is 0 Å². The lowest BCUT2D eigenvalue weighted by Crippen LogP contribution is -2.54. The number of carbonyl (C=O) groups excluding carboxylic acids is 2. The maximum atomic E-state index is 12.4. The first-order valence-corrected chi connectivity index (χ1v) is 10.7. The van der Waals surface area contributed by atoms with Crippen molar-refractivity contribution in [2.45, 2.75) is 76.8 Å². The standard InChI is InChI=1S/C23H35N3O2/c1-23(2,3)18-9-7-15(8-10-18)22(28)25-12-11-20(27)26-21-16-5-4-6-17(21)14-19(24)13-16/h7-10,16-17,19,21H,4-6,11-14,24H2,1-3H3,(H,25,28)(H,26,27). The van der Waals surface area contributed by atoms with Crippen LogP contribution in [0.1, 0.15) is 75.2 Å². The Kier molecular flexibility index (Phi) is 6.43. The Bertz CT molecular complexity index is 679. The summed E-state index contributed by atoms with van der Waals surface area (Å²) in [6, 6.07) is 8.24. The molecule has 2 saturated carbocycles. The zero-order valence-corrected chi connectivity index (χ0v) is 17.5. The lowest BCUT2D eigenvalue weighted by atomic mass is 9.67. The third kappa shape index (κ3) is 5.13. The normalized spacial score (nSPS) is 27.1. The molecule has 2 amide bonds. The van der Waals surface area contributed by atoms with Crippen LogP contribution in [0.15, 0.2) is 24.3 Å². The molecule has 0 radical (unpaired) electrons. The van der Waals surface area contributed by atoms with Gasteiger partial charge in [-0.1, -0.05) is 39.3 Å². The molecule has 0 aliphatic heterocycles. The third-order valence-electron chi connectivity index (χ3n) is 6.35. The highest BCUT2D eigenvalue weighted by atomic mass is 16.2. The van der Waals surface area contributed by atoms with Crippen LogP contribution >= 0.6 is 0 Å². The van der Waals surface area contributed by atoms with E-state index in [2.05, 4.69) is 31.4 Å². The van der Waals surface area contributed by atoms with E-state index in [4.69, 9.17) is 5.73 Å². The summed E-state index contributed by atoms with van der Waals surface area (Å²) in [5, 5.41) is 6.10. The smallest absolute Gasteiger partial charge is 0.251 e. The highest BCUT2D eigenvalue weighted by Crippen LogP contribution is 2.39. The molecular formula is C23H35N3O2. The Morgan fingerprint density at radius 2 is 1.68 bits per heavy atom. The molecule has 154 valence electrons. The van der Waals surface area contributed by atoms with Crippen LogP contribution in [-0.2, 0) is 10.2 Å². The molecule has 1 aromatic carbocycles. The molecule has 2 atom stereocenters. The molecule has 0 aromatic heterocycles. The first-order chi connectivity index (χ1) is 13.2. The summed E-state index contributed by atoms with van der Waals surface area (Å²) in [6.45, 7) is 6.80. The van der Waals surface area contributed by atoms with Gasteiger partial charge in [-0.05, 0) is 60.6 Å². The number of fused-ring (bicyclic) bond motifs is 2. The summed E-state index contributed by atoms with van der Waals surface area (Å²) in [7, 11) is 0. The van der Waals surface area contributed by atoms with Crippen LogP contribution in [0, 0.1) is 11.8 Å². The molecule has 0 saturated heterocycles. The third-order valence-corrected chi connectivity index (χ3v) is 6.35. The van der Waals surface area contributed by atoms with Crippen LogP contribution < -0.4 is 16.4 Å². The largest absolute Gasteiger partial charge is 0.353 e. The predicted octanol–water partition coefficient (Wildman–Crippen LogP) is 3.13. The first kappa shape index (κ1) is 20.8. The van der Waals surface area contributed by atoms with Gasteiger partial charge in [0.05, 0.1) is 0 Å².